The molecule has 4 nitrogen and oxygen atoms in total. The minimum Gasteiger partial charge on any atom is -0.359 e. The van der Waals surface area contributed by atoms with Gasteiger partial charge in [0.05, 0.1) is 0 Å². The Hall–Kier alpha value is -0.890. The van der Waals surface area contributed by atoms with Crippen molar-refractivity contribution >= 4 is 16.7 Å². The fraction of sp³-hybridized carbons (Fsp3) is 0.818. The Kier molecular flexibility index (Phi) is 4.62. The molecule has 1 aromatic heterocycles. The van der Waals surface area contributed by atoms with Crippen LogP contribution in [0.2, 0.25) is 0 Å². The van der Waals surface area contributed by atoms with Gasteiger partial charge in [0.2, 0.25) is 11.0 Å². The van der Waals surface area contributed by atoms with Crippen LogP contribution in [0.3, 0.4) is 0 Å². The third-order valence-corrected chi connectivity index (χ3v) is 3.93. The van der Waals surface area contributed by atoms with Crippen molar-refractivity contribution in [2.75, 3.05) is 31.5 Å². The first-order chi connectivity index (χ1) is 8.95. The van der Waals surface area contributed by atoms with Crippen LogP contribution in [0, 0.1) is 5.92 Å². The zero-order valence-corrected chi connectivity index (χ0v) is 11.5. The van der Waals surface area contributed by atoms with Gasteiger partial charge in [0, 0.05) is 24.6 Å². The molecule has 0 radical (unpaired) electrons. The average molecular weight is 294 g/mol. The number of piperidine rings is 1. The average Bonchev–Trinajstić information content (AvgIpc) is 2.80. The Morgan fingerprint density at radius 1 is 1.37 bits per heavy atom. The lowest BCUT2D eigenvalue weighted by molar-refractivity contribution is -0.144. The molecule has 0 saturated carbocycles. The van der Waals surface area contributed by atoms with E-state index in [1.165, 1.54) is 12.8 Å². The summed E-state index contributed by atoms with van der Waals surface area (Å²) < 4.78 is 40.2. The number of hydrogen-bond acceptors (Lipinski definition) is 5. The summed E-state index contributed by atoms with van der Waals surface area (Å²) in [6, 6.07) is 0. The number of alkyl halides is 3. The largest absolute Gasteiger partial charge is 0.452 e. The Labute approximate surface area is 114 Å². The first kappa shape index (κ1) is 14.5. The monoisotopic (exact) mass is 294 g/mol. The molecule has 108 valence electrons. The van der Waals surface area contributed by atoms with E-state index in [1.54, 1.807) is 0 Å². The Morgan fingerprint density at radius 2 is 2.05 bits per heavy atom. The summed E-state index contributed by atoms with van der Waals surface area (Å²) in [7, 11) is 0. The predicted molar refractivity (Wildman–Crippen MR) is 68.2 cm³/mol. The fourth-order valence-electron chi connectivity index (χ4n) is 2.02. The number of likely N-dealkylation sites (tertiary alicyclic amines) is 1. The van der Waals surface area contributed by atoms with Crippen molar-refractivity contribution in [3.05, 3.63) is 5.82 Å². The maximum Gasteiger partial charge on any atom is 0.452 e. The zero-order valence-electron chi connectivity index (χ0n) is 10.7. The van der Waals surface area contributed by atoms with Crippen LogP contribution in [0.4, 0.5) is 18.3 Å². The van der Waals surface area contributed by atoms with E-state index < -0.39 is 12.0 Å². The third-order valence-electron chi connectivity index (χ3n) is 3.26. The Morgan fingerprint density at radius 3 is 2.63 bits per heavy atom. The van der Waals surface area contributed by atoms with E-state index in [4.69, 9.17) is 0 Å². The van der Waals surface area contributed by atoms with Gasteiger partial charge in [0.25, 0.3) is 0 Å². The van der Waals surface area contributed by atoms with Gasteiger partial charge < -0.3 is 10.2 Å². The van der Waals surface area contributed by atoms with Gasteiger partial charge in [-0.25, -0.2) is 0 Å². The van der Waals surface area contributed by atoms with Crippen LogP contribution in [-0.4, -0.2) is 40.4 Å². The summed E-state index contributed by atoms with van der Waals surface area (Å²) in [6.45, 7) is 5.80. The van der Waals surface area contributed by atoms with Crippen LogP contribution in [-0.2, 0) is 6.18 Å². The second-order valence-corrected chi connectivity index (χ2v) is 5.62. The molecular weight excluding hydrogens is 277 g/mol. The summed E-state index contributed by atoms with van der Waals surface area (Å²) in [5, 5.41) is 3.13. The van der Waals surface area contributed by atoms with Crippen molar-refractivity contribution in [2.45, 2.75) is 25.9 Å². The first-order valence-corrected chi connectivity index (χ1v) is 7.09. The minimum atomic E-state index is -4.46. The Bertz CT molecular complexity index is 399. The maximum atomic E-state index is 12.3. The summed E-state index contributed by atoms with van der Waals surface area (Å²) in [6.07, 6.45) is -2.08. The van der Waals surface area contributed by atoms with Gasteiger partial charge in [0.15, 0.2) is 0 Å². The molecule has 1 aliphatic heterocycles. The lowest BCUT2D eigenvalue weighted by Gasteiger charge is -2.29. The molecule has 8 heteroatoms. The molecule has 1 fully saturated rings. The molecule has 0 aliphatic carbocycles. The van der Waals surface area contributed by atoms with Crippen molar-refractivity contribution in [2.24, 2.45) is 5.92 Å². The topological polar surface area (TPSA) is 41.0 Å². The quantitative estimate of drug-likeness (QED) is 0.927. The van der Waals surface area contributed by atoms with E-state index >= 15 is 0 Å². The highest BCUT2D eigenvalue weighted by Crippen LogP contribution is 2.28. The number of rotatable bonds is 4. The normalized spacial score (nSPS) is 18.7. The molecule has 0 bridgehead atoms. The lowest BCUT2D eigenvalue weighted by Crippen LogP contribution is -2.36. The smallest absolute Gasteiger partial charge is 0.359 e. The van der Waals surface area contributed by atoms with Crippen LogP contribution < -0.4 is 5.32 Å². The van der Waals surface area contributed by atoms with Crippen LogP contribution >= 0.6 is 11.5 Å². The van der Waals surface area contributed by atoms with E-state index in [0.29, 0.717) is 6.54 Å². The maximum absolute atomic E-state index is 12.3. The van der Waals surface area contributed by atoms with Crippen LogP contribution in [0.1, 0.15) is 25.6 Å². The summed E-state index contributed by atoms with van der Waals surface area (Å²) in [5.74, 6) is -0.284. The number of aromatic nitrogens is 2. The molecule has 0 amide bonds. The molecule has 2 heterocycles. The van der Waals surface area contributed by atoms with Crippen molar-refractivity contribution in [3.8, 4) is 0 Å². The van der Waals surface area contributed by atoms with Crippen LogP contribution in [0.5, 0.6) is 0 Å². The summed E-state index contributed by atoms with van der Waals surface area (Å²) >= 11 is 0.753. The minimum absolute atomic E-state index is 0.234. The number of halogens is 3. The predicted octanol–water partition coefficient (Wildman–Crippen LogP) is 2.70. The molecule has 0 unspecified atom stereocenters. The molecule has 1 N–H and O–H groups in total. The third kappa shape index (κ3) is 4.31. The van der Waals surface area contributed by atoms with Gasteiger partial charge in [-0.05, 0) is 31.8 Å². The van der Waals surface area contributed by atoms with Crippen molar-refractivity contribution in [3.63, 3.8) is 0 Å². The number of hydrogen-bond donors (Lipinski definition) is 1. The summed E-state index contributed by atoms with van der Waals surface area (Å²) in [4.78, 5) is 5.75. The SMILES string of the molecule is CC1CCN(CCNc2nc(C(F)(F)F)ns2)CC1. The van der Waals surface area contributed by atoms with E-state index in [-0.39, 0.29) is 5.13 Å². The van der Waals surface area contributed by atoms with Crippen molar-refractivity contribution in [1.82, 2.24) is 14.3 Å². The second-order valence-electron chi connectivity index (χ2n) is 4.87. The molecule has 0 spiro atoms. The molecule has 0 atom stereocenters. The van der Waals surface area contributed by atoms with Gasteiger partial charge in [-0.15, -0.1) is 0 Å². The molecule has 0 aromatic carbocycles. The van der Waals surface area contributed by atoms with Gasteiger partial charge in [-0.3, -0.25) is 0 Å². The molecule has 1 aliphatic rings. The van der Waals surface area contributed by atoms with Crippen LogP contribution in [0.25, 0.3) is 0 Å². The fourth-order valence-corrected chi connectivity index (χ4v) is 2.63. The number of anilines is 1. The van der Waals surface area contributed by atoms with Gasteiger partial charge in [-0.2, -0.15) is 22.5 Å². The molecule has 1 saturated heterocycles. The zero-order chi connectivity index (χ0) is 13.9. The molecule has 2 rings (SSSR count). The number of nitrogens with zero attached hydrogens (tertiary/aromatic N) is 3. The van der Waals surface area contributed by atoms with Gasteiger partial charge in [0.1, 0.15) is 0 Å². The van der Waals surface area contributed by atoms with Gasteiger partial charge >= 0.3 is 6.18 Å². The standard InChI is InChI=1S/C11H17F3N4S/c1-8-2-5-18(6-3-8)7-4-15-10-16-9(17-19-10)11(12,13)14/h8H,2-7H2,1H3,(H,15,16,17). The van der Waals surface area contributed by atoms with E-state index in [0.717, 1.165) is 37.1 Å². The highest BCUT2D eigenvalue weighted by Gasteiger charge is 2.36. The van der Waals surface area contributed by atoms with Crippen molar-refractivity contribution in [1.29, 1.82) is 0 Å². The van der Waals surface area contributed by atoms with Gasteiger partial charge in [-0.1, -0.05) is 6.92 Å². The lowest BCUT2D eigenvalue weighted by atomic mass is 9.99. The highest BCUT2D eigenvalue weighted by molar-refractivity contribution is 7.09. The second kappa shape index (κ2) is 6.04. The van der Waals surface area contributed by atoms with Crippen LogP contribution in [0.15, 0.2) is 0 Å². The highest BCUT2D eigenvalue weighted by atomic mass is 32.1. The van der Waals surface area contributed by atoms with E-state index in [1.807, 2.05) is 0 Å². The molecular formula is C11H17F3N4S. The van der Waals surface area contributed by atoms with Crippen molar-refractivity contribution < 1.29 is 13.2 Å². The Balaban J connectivity index is 1.72. The molecule has 19 heavy (non-hydrogen) atoms. The summed E-state index contributed by atoms with van der Waals surface area (Å²) in [5.41, 5.74) is 0. The number of nitrogens with one attached hydrogen (secondary N) is 1. The molecule has 1 aromatic rings. The van der Waals surface area contributed by atoms with E-state index in [9.17, 15) is 13.2 Å². The first-order valence-electron chi connectivity index (χ1n) is 6.32. The van der Waals surface area contributed by atoms with E-state index in [2.05, 4.69) is 26.5 Å².